The van der Waals surface area contributed by atoms with Gasteiger partial charge in [0.05, 0.1) is 26.4 Å². The van der Waals surface area contributed by atoms with Crippen LogP contribution >= 0.6 is 15.6 Å². The zero-order chi connectivity index (χ0) is 77.4. The third-order valence-electron chi connectivity index (χ3n) is 20.4. The fraction of sp³-hybridized carbons (Fsp3) is 0.953. The quantitative estimate of drug-likeness (QED) is 0.0222. The number of carbonyl (C=O) groups is 4. The van der Waals surface area contributed by atoms with Gasteiger partial charge in [-0.05, 0) is 49.4 Å². The SMILES string of the molecule is CCC(C)CCCCCCCCCCCCCCCCCCCCC(=O)O[C@H](COC(=O)CCCCCCCCCC(C)C)COP(=O)(O)OCC(O)COP(=O)(O)OC[C@@H](COC(=O)CCCCCCCCCCCCCCC(C)C)OC(=O)CCCCCCCCCCCCCCCCCC(C)C. The molecule has 624 valence electrons. The van der Waals surface area contributed by atoms with Crippen molar-refractivity contribution in [3.63, 3.8) is 0 Å². The summed E-state index contributed by atoms with van der Waals surface area (Å²) in [6.45, 7) is 14.3. The van der Waals surface area contributed by atoms with Crippen LogP contribution in [0, 0.1) is 23.7 Å². The second-order valence-corrected chi connectivity index (χ2v) is 35.5. The van der Waals surface area contributed by atoms with Gasteiger partial charge in [0.2, 0.25) is 0 Å². The van der Waals surface area contributed by atoms with E-state index in [1.807, 2.05) is 0 Å². The lowest BCUT2D eigenvalue weighted by Gasteiger charge is -2.21. The Balaban J connectivity index is 5.20. The number of hydrogen-bond donors (Lipinski definition) is 3. The predicted octanol–water partition coefficient (Wildman–Crippen LogP) is 25.9. The molecular weight excluding hydrogens is 1370 g/mol. The molecule has 0 aliphatic carbocycles. The first-order chi connectivity index (χ1) is 50.6. The number of rotatable bonds is 83. The van der Waals surface area contributed by atoms with Crippen molar-refractivity contribution in [2.75, 3.05) is 39.6 Å². The molecule has 0 spiro atoms. The number of ether oxygens (including phenoxy) is 4. The van der Waals surface area contributed by atoms with Crippen molar-refractivity contribution >= 4 is 39.5 Å². The summed E-state index contributed by atoms with van der Waals surface area (Å²) < 4.78 is 68.9. The third-order valence-corrected chi connectivity index (χ3v) is 22.3. The van der Waals surface area contributed by atoms with E-state index in [1.165, 1.54) is 244 Å². The van der Waals surface area contributed by atoms with E-state index < -0.39 is 97.5 Å². The molecular formula is C86H168O17P2. The molecule has 0 aromatic carbocycles. The molecule has 0 saturated carbocycles. The van der Waals surface area contributed by atoms with Crippen LogP contribution in [0.3, 0.4) is 0 Å². The average Bonchev–Trinajstić information content (AvgIpc) is 0.905. The van der Waals surface area contributed by atoms with Crippen LogP contribution in [0.1, 0.15) is 447 Å². The van der Waals surface area contributed by atoms with Crippen molar-refractivity contribution < 1.29 is 80.2 Å². The Labute approximate surface area is 645 Å². The number of carbonyl (C=O) groups excluding carboxylic acids is 4. The van der Waals surface area contributed by atoms with Crippen molar-refractivity contribution in [1.29, 1.82) is 0 Å². The molecule has 0 radical (unpaired) electrons. The summed E-state index contributed by atoms with van der Waals surface area (Å²) in [5.74, 6) is 1.05. The Kier molecular flexibility index (Phi) is 73.4. The van der Waals surface area contributed by atoms with Crippen LogP contribution in [0.2, 0.25) is 0 Å². The van der Waals surface area contributed by atoms with Gasteiger partial charge >= 0.3 is 39.5 Å². The van der Waals surface area contributed by atoms with Crippen molar-refractivity contribution in [1.82, 2.24) is 0 Å². The molecule has 0 aliphatic rings. The van der Waals surface area contributed by atoms with E-state index in [4.69, 9.17) is 37.0 Å². The molecule has 0 fully saturated rings. The average molecular weight is 1540 g/mol. The first-order valence-electron chi connectivity index (χ1n) is 44.2. The van der Waals surface area contributed by atoms with Gasteiger partial charge in [0, 0.05) is 25.7 Å². The van der Waals surface area contributed by atoms with E-state index in [-0.39, 0.29) is 25.7 Å². The molecule has 0 bridgehead atoms. The predicted molar refractivity (Wildman–Crippen MR) is 432 cm³/mol. The molecule has 4 unspecified atom stereocenters. The molecule has 0 amide bonds. The molecule has 0 saturated heterocycles. The molecule has 0 aromatic heterocycles. The van der Waals surface area contributed by atoms with Crippen LogP contribution in [-0.2, 0) is 65.4 Å². The van der Waals surface area contributed by atoms with Crippen LogP contribution in [0.4, 0.5) is 0 Å². The standard InChI is InChI=1S/C86H168O17P2/c1-9-79(8)65-57-49-41-33-27-20-16-12-10-11-13-17-21-29-35-43-52-60-69-86(91)103-82(73-97-84(89)67-59-51-45-37-40-48-56-64-78(6)7)75-101-105(94,95)99-71-80(87)70-98-104(92,93)100-74-81(72-96-83(88)66-58-50-42-34-28-24-23-26-32-39-47-55-63-77(4)5)102-85(90)68-61-53-44-36-30-22-18-14-15-19-25-31-38-46-54-62-76(2)3/h76-82,87H,9-75H2,1-8H3,(H,92,93)(H,94,95)/t79?,80?,81-,82-/m1/s1. The lowest BCUT2D eigenvalue weighted by atomic mass is 9.99. The van der Waals surface area contributed by atoms with E-state index in [1.54, 1.807) is 0 Å². The van der Waals surface area contributed by atoms with Crippen molar-refractivity contribution in [3.8, 4) is 0 Å². The number of aliphatic hydroxyl groups is 1. The highest BCUT2D eigenvalue weighted by Crippen LogP contribution is 2.45. The number of hydrogen-bond acceptors (Lipinski definition) is 15. The van der Waals surface area contributed by atoms with Crippen LogP contribution in [0.5, 0.6) is 0 Å². The van der Waals surface area contributed by atoms with Gasteiger partial charge in [-0.25, -0.2) is 9.13 Å². The maximum absolute atomic E-state index is 13.1. The van der Waals surface area contributed by atoms with Crippen molar-refractivity contribution in [2.24, 2.45) is 23.7 Å². The first kappa shape index (κ1) is 103. The summed E-state index contributed by atoms with van der Waals surface area (Å²) in [7, 11) is -9.93. The molecule has 0 aliphatic heterocycles. The molecule has 0 rings (SSSR count). The smallest absolute Gasteiger partial charge is 0.462 e. The Morgan fingerprint density at radius 2 is 0.457 bits per heavy atom. The zero-order valence-electron chi connectivity index (χ0n) is 69.4. The van der Waals surface area contributed by atoms with Crippen LogP contribution in [-0.4, -0.2) is 96.7 Å². The highest BCUT2D eigenvalue weighted by molar-refractivity contribution is 7.47. The second kappa shape index (κ2) is 74.8. The van der Waals surface area contributed by atoms with Crippen LogP contribution in [0.15, 0.2) is 0 Å². The van der Waals surface area contributed by atoms with E-state index >= 15 is 0 Å². The molecule has 6 atom stereocenters. The minimum absolute atomic E-state index is 0.107. The molecule has 3 N–H and O–H groups in total. The third kappa shape index (κ3) is 78.5. The van der Waals surface area contributed by atoms with Gasteiger partial charge in [-0.15, -0.1) is 0 Å². The van der Waals surface area contributed by atoms with E-state index in [2.05, 4.69) is 55.4 Å². The zero-order valence-corrected chi connectivity index (χ0v) is 71.2. The Morgan fingerprint density at radius 3 is 0.676 bits per heavy atom. The van der Waals surface area contributed by atoms with Crippen LogP contribution < -0.4 is 0 Å². The number of esters is 4. The summed E-state index contributed by atoms with van der Waals surface area (Å²) in [6, 6.07) is 0. The minimum atomic E-state index is -4.97. The van der Waals surface area contributed by atoms with Gasteiger partial charge in [0.15, 0.2) is 12.2 Å². The van der Waals surface area contributed by atoms with E-state index in [9.17, 15) is 43.2 Å². The second-order valence-electron chi connectivity index (χ2n) is 32.6. The molecule has 0 heterocycles. The van der Waals surface area contributed by atoms with Crippen LogP contribution in [0.25, 0.3) is 0 Å². The van der Waals surface area contributed by atoms with Gasteiger partial charge in [-0.3, -0.25) is 37.3 Å². The molecule has 17 nitrogen and oxygen atoms in total. The summed E-state index contributed by atoms with van der Waals surface area (Å²) in [5.41, 5.74) is 0. The normalized spacial score (nSPS) is 14.2. The maximum atomic E-state index is 13.1. The maximum Gasteiger partial charge on any atom is 0.472 e. The molecule has 19 heteroatoms. The Hall–Kier alpha value is -1.94. The van der Waals surface area contributed by atoms with Gasteiger partial charge < -0.3 is 33.8 Å². The fourth-order valence-corrected chi connectivity index (χ4v) is 14.9. The fourth-order valence-electron chi connectivity index (χ4n) is 13.3. The number of phosphoric ester groups is 2. The molecule has 105 heavy (non-hydrogen) atoms. The topological polar surface area (TPSA) is 237 Å². The largest absolute Gasteiger partial charge is 0.472 e. The summed E-state index contributed by atoms with van der Waals surface area (Å²) in [5, 5.41) is 10.7. The highest BCUT2D eigenvalue weighted by Gasteiger charge is 2.31. The first-order valence-corrected chi connectivity index (χ1v) is 47.2. The Morgan fingerprint density at radius 1 is 0.267 bits per heavy atom. The van der Waals surface area contributed by atoms with Crippen molar-refractivity contribution in [3.05, 3.63) is 0 Å². The van der Waals surface area contributed by atoms with E-state index in [0.29, 0.717) is 31.6 Å². The monoisotopic (exact) mass is 1540 g/mol. The number of aliphatic hydroxyl groups excluding tert-OH is 1. The van der Waals surface area contributed by atoms with Crippen molar-refractivity contribution in [2.45, 2.75) is 465 Å². The Bertz CT molecular complexity index is 2040. The number of phosphoric acid groups is 2. The molecule has 0 aromatic rings. The highest BCUT2D eigenvalue weighted by atomic mass is 31.2. The summed E-state index contributed by atoms with van der Waals surface area (Å²) in [4.78, 5) is 73.2. The number of unbranched alkanes of at least 4 members (excludes halogenated alkanes) is 48. The minimum Gasteiger partial charge on any atom is -0.462 e. The van der Waals surface area contributed by atoms with Gasteiger partial charge in [-0.2, -0.15) is 0 Å². The van der Waals surface area contributed by atoms with Gasteiger partial charge in [-0.1, -0.05) is 396 Å². The van der Waals surface area contributed by atoms with E-state index in [0.717, 1.165) is 114 Å². The van der Waals surface area contributed by atoms with Gasteiger partial charge in [0.1, 0.15) is 19.3 Å². The summed E-state index contributed by atoms with van der Waals surface area (Å²) >= 11 is 0. The lowest BCUT2D eigenvalue weighted by Crippen LogP contribution is -2.30. The lowest BCUT2D eigenvalue weighted by molar-refractivity contribution is -0.161. The summed E-state index contributed by atoms with van der Waals surface area (Å²) in [6.07, 6.45) is 63.9. The van der Waals surface area contributed by atoms with Gasteiger partial charge in [0.25, 0.3) is 0 Å².